The highest BCUT2D eigenvalue weighted by atomic mass is 32.2. The van der Waals surface area contributed by atoms with Gasteiger partial charge in [0.1, 0.15) is 6.04 Å². The molecule has 2 atom stereocenters. The molecule has 128 valence electrons. The smallest absolute Gasteiger partial charge is 0.262 e. The summed E-state index contributed by atoms with van der Waals surface area (Å²) in [5.74, 6) is -0.499. The molecule has 0 aliphatic carbocycles. The zero-order valence-electron chi connectivity index (χ0n) is 13.5. The monoisotopic (exact) mass is 358 g/mol. The van der Waals surface area contributed by atoms with Crippen molar-refractivity contribution in [2.24, 2.45) is 5.92 Å². The number of sulfone groups is 1. The molecule has 2 heterocycles. The molecular weight excluding hydrogens is 336 g/mol. The second-order valence-electron chi connectivity index (χ2n) is 6.18. The third kappa shape index (κ3) is 4.32. The molecule has 0 radical (unpaired) electrons. The number of thiophene rings is 1. The van der Waals surface area contributed by atoms with Crippen LogP contribution >= 0.6 is 11.3 Å². The fourth-order valence-corrected chi connectivity index (χ4v) is 5.02. The average molecular weight is 358 g/mol. The second kappa shape index (κ2) is 7.00. The Morgan fingerprint density at radius 1 is 1.39 bits per heavy atom. The molecule has 1 N–H and O–H groups in total. The first-order valence-corrected chi connectivity index (χ1v) is 10.2. The molecule has 1 saturated heterocycles. The van der Waals surface area contributed by atoms with E-state index < -0.39 is 15.9 Å². The predicted octanol–water partition coefficient (Wildman–Crippen LogP) is 1.15. The van der Waals surface area contributed by atoms with Gasteiger partial charge in [-0.2, -0.15) is 0 Å². The van der Waals surface area contributed by atoms with Gasteiger partial charge in [0, 0.05) is 13.1 Å². The summed E-state index contributed by atoms with van der Waals surface area (Å²) in [6, 6.07) is 2.50. The number of hydrogen-bond donors (Lipinski definition) is 1. The Kier molecular flexibility index (Phi) is 5.46. The third-order valence-corrected chi connectivity index (χ3v) is 6.69. The van der Waals surface area contributed by atoms with Crippen molar-refractivity contribution in [3.8, 4) is 0 Å². The number of carbonyl (C=O) groups excluding carboxylic acids is 2. The Bertz CT molecular complexity index is 668. The highest BCUT2D eigenvalue weighted by Crippen LogP contribution is 2.19. The van der Waals surface area contributed by atoms with Crippen LogP contribution in [-0.4, -0.2) is 55.8 Å². The molecule has 0 aromatic carbocycles. The van der Waals surface area contributed by atoms with Gasteiger partial charge in [-0.15, -0.1) is 11.3 Å². The van der Waals surface area contributed by atoms with E-state index in [-0.39, 0.29) is 35.3 Å². The maximum Gasteiger partial charge on any atom is 0.262 e. The van der Waals surface area contributed by atoms with Gasteiger partial charge in [0.15, 0.2) is 9.84 Å². The van der Waals surface area contributed by atoms with Crippen LogP contribution in [0.25, 0.3) is 0 Å². The van der Waals surface area contributed by atoms with Gasteiger partial charge in [-0.3, -0.25) is 9.59 Å². The minimum atomic E-state index is -3.06. The molecular formula is C15H22N2O4S2. The van der Waals surface area contributed by atoms with Crippen LogP contribution in [-0.2, 0) is 14.6 Å². The van der Waals surface area contributed by atoms with Gasteiger partial charge in [0.05, 0.1) is 16.4 Å². The zero-order valence-corrected chi connectivity index (χ0v) is 15.1. The lowest BCUT2D eigenvalue weighted by molar-refractivity contribution is -0.134. The Balaban J connectivity index is 2.08. The maximum absolute atomic E-state index is 12.7. The summed E-state index contributed by atoms with van der Waals surface area (Å²) in [5.41, 5.74) is 0. The van der Waals surface area contributed by atoms with Crippen molar-refractivity contribution in [2.75, 3.05) is 18.6 Å². The second-order valence-corrected chi connectivity index (χ2v) is 9.35. The fraction of sp³-hybridized carbons (Fsp3) is 0.600. The number of rotatable bonds is 5. The minimum Gasteiger partial charge on any atom is -0.340 e. The van der Waals surface area contributed by atoms with Crippen molar-refractivity contribution >= 4 is 33.0 Å². The number of hydrogen-bond acceptors (Lipinski definition) is 5. The topological polar surface area (TPSA) is 83.6 Å². The van der Waals surface area contributed by atoms with E-state index in [0.717, 1.165) is 0 Å². The summed E-state index contributed by atoms with van der Waals surface area (Å²) in [7, 11) is -1.45. The summed E-state index contributed by atoms with van der Waals surface area (Å²) in [5, 5.41) is 4.58. The van der Waals surface area contributed by atoms with Crippen LogP contribution in [0.1, 0.15) is 29.9 Å². The molecule has 2 amide bonds. The van der Waals surface area contributed by atoms with Gasteiger partial charge in [-0.25, -0.2) is 8.42 Å². The molecule has 2 rings (SSSR count). The molecule has 1 aliphatic heterocycles. The van der Waals surface area contributed by atoms with Crippen molar-refractivity contribution in [1.82, 2.24) is 10.2 Å². The van der Waals surface area contributed by atoms with Crippen molar-refractivity contribution < 1.29 is 18.0 Å². The summed E-state index contributed by atoms with van der Waals surface area (Å²) in [6.45, 7) is 3.72. The standard InChI is InChI=1S/C15H22N2O4S2/c1-10(2)13(16-14(18)12-5-4-7-22-12)15(19)17(3)11-6-8-23(20,21)9-11/h4-5,7,10-11,13H,6,8-9H2,1-3H3,(H,16,18). The van der Waals surface area contributed by atoms with Gasteiger partial charge in [0.2, 0.25) is 5.91 Å². The number of amides is 2. The Morgan fingerprint density at radius 2 is 2.09 bits per heavy atom. The SMILES string of the molecule is CC(C)C(NC(=O)c1cccs1)C(=O)N(C)C1CCS(=O)(=O)C1. The van der Waals surface area contributed by atoms with E-state index in [9.17, 15) is 18.0 Å². The Hall–Kier alpha value is -1.41. The van der Waals surface area contributed by atoms with E-state index in [2.05, 4.69) is 5.32 Å². The molecule has 1 aromatic heterocycles. The molecule has 2 unspecified atom stereocenters. The Morgan fingerprint density at radius 3 is 2.57 bits per heavy atom. The van der Waals surface area contributed by atoms with Crippen molar-refractivity contribution in [3.05, 3.63) is 22.4 Å². The zero-order chi connectivity index (χ0) is 17.2. The van der Waals surface area contributed by atoms with Crippen LogP contribution < -0.4 is 5.32 Å². The summed E-state index contributed by atoms with van der Waals surface area (Å²) < 4.78 is 23.2. The first-order valence-electron chi connectivity index (χ1n) is 7.53. The van der Waals surface area contributed by atoms with E-state index in [0.29, 0.717) is 11.3 Å². The lowest BCUT2D eigenvalue weighted by Gasteiger charge is -2.30. The lowest BCUT2D eigenvalue weighted by Crippen LogP contribution is -2.52. The molecule has 0 saturated carbocycles. The van der Waals surface area contributed by atoms with Crippen LogP contribution in [0, 0.1) is 5.92 Å². The van der Waals surface area contributed by atoms with Crippen LogP contribution in [0.3, 0.4) is 0 Å². The van der Waals surface area contributed by atoms with Gasteiger partial charge >= 0.3 is 0 Å². The molecule has 1 aliphatic rings. The molecule has 1 fully saturated rings. The van der Waals surface area contributed by atoms with Crippen LogP contribution in [0.2, 0.25) is 0 Å². The van der Waals surface area contributed by atoms with Gasteiger partial charge in [-0.05, 0) is 23.8 Å². The van der Waals surface area contributed by atoms with Crippen LogP contribution in [0.4, 0.5) is 0 Å². The van der Waals surface area contributed by atoms with Crippen LogP contribution in [0.15, 0.2) is 17.5 Å². The molecule has 0 spiro atoms. The van der Waals surface area contributed by atoms with E-state index >= 15 is 0 Å². The van der Waals surface area contributed by atoms with E-state index in [4.69, 9.17) is 0 Å². The molecule has 1 aromatic rings. The summed E-state index contributed by atoms with van der Waals surface area (Å²) in [4.78, 5) is 26.9. The minimum absolute atomic E-state index is 0.00107. The fourth-order valence-electron chi connectivity index (χ4n) is 2.61. The number of carbonyl (C=O) groups is 2. The largest absolute Gasteiger partial charge is 0.340 e. The van der Waals surface area contributed by atoms with E-state index in [1.165, 1.54) is 16.2 Å². The molecule has 0 bridgehead atoms. The maximum atomic E-state index is 12.7. The van der Waals surface area contributed by atoms with Crippen molar-refractivity contribution in [2.45, 2.75) is 32.4 Å². The summed E-state index contributed by atoms with van der Waals surface area (Å²) >= 11 is 1.31. The average Bonchev–Trinajstić information content (AvgIpc) is 3.12. The van der Waals surface area contributed by atoms with Gasteiger partial charge in [0.25, 0.3) is 5.91 Å². The quantitative estimate of drug-likeness (QED) is 0.856. The first kappa shape index (κ1) is 17.9. The first-order chi connectivity index (χ1) is 10.7. The lowest BCUT2D eigenvalue weighted by atomic mass is 10.0. The highest BCUT2D eigenvalue weighted by molar-refractivity contribution is 7.91. The highest BCUT2D eigenvalue weighted by Gasteiger charge is 2.36. The van der Waals surface area contributed by atoms with E-state index in [1.807, 2.05) is 13.8 Å². The van der Waals surface area contributed by atoms with Crippen LogP contribution in [0.5, 0.6) is 0 Å². The van der Waals surface area contributed by atoms with Crippen molar-refractivity contribution in [3.63, 3.8) is 0 Å². The normalized spacial score (nSPS) is 21.1. The summed E-state index contributed by atoms with van der Waals surface area (Å²) in [6.07, 6.45) is 0.453. The number of nitrogens with zero attached hydrogens (tertiary/aromatic N) is 1. The molecule has 23 heavy (non-hydrogen) atoms. The Labute approximate surface area is 140 Å². The molecule has 8 heteroatoms. The number of likely N-dealkylation sites (N-methyl/N-ethyl adjacent to an activating group) is 1. The van der Waals surface area contributed by atoms with Gasteiger partial charge in [-0.1, -0.05) is 19.9 Å². The predicted molar refractivity (Wildman–Crippen MR) is 90.2 cm³/mol. The van der Waals surface area contributed by atoms with Gasteiger partial charge < -0.3 is 10.2 Å². The molecule has 6 nitrogen and oxygen atoms in total. The third-order valence-electron chi connectivity index (χ3n) is 4.07. The number of nitrogens with one attached hydrogen (secondary N) is 1. The van der Waals surface area contributed by atoms with E-state index in [1.54, 1.807) is 24.6 Å². The van der Waals surface area contributed by atoms with Crippen molar-refractivity contribution in [1.29, 1.82) is 0 Å².